The summed E-state index contributed by atoms with van der Waals surface area (Å²) in [6.07, 6.45) is 0. The molecule has 0 spiro atoms. The molecule has 0 bridgehead atoms. The highest BCUT2D eigenvalue weighted by molar-refractivity contribution is 7.92. The van der Waals surface area contributed by atoms with E-state index in [0.29, 0.717) is 23.7 Å². The zero-order valence-electron chi connectivity index (χ0n) is 18.8. The van der Waals surface area contributed by atoms with Gasteiger partial charge in [-0.05, 0) is 54.8 Å². The highest BCUT2D eigenvalue weighted by Crippen LogP contribution is 2.39. The molecule has 6 nitrogen and oxygen atoms in total. The lowest BCUT2D eigenvalue weighted by atomic mass is 9.92. The summed E-state index contributed by atoms with van der Waals surface area (Å²) in [5.41, 5.74) is 0.357. The molecular weight excluding hydrogens is 424 g/mol. The van der Waals surface area contributed by atoms with Crippen LogP contribution in [0, 0.1) is 11.3 Å². The molecule has 3 aromatic carbocycles. The van der Waals surface area contributed by atoms with Crippen molar-refractivity contribution in [3.8, 4) is 5.75 Å². The fourth-order valence-electron chi connectivity index (χ4n) is 3.81. The fraction of sp³-hybridized carbons (Fsp3) is 0.320. The molecule has 0 fully saturated rings. The van der Waals surface area contributed by atoms with Crippen LogP contribution in [0.2, 0.25) is 0 Å². The summed E-state index contributed by atoms with van der Waals surface area (Å²) < 4.78 is 34.7. The molecule has 32 heavy (non-hydrogen) atoms. The number of anilines is 2. The van der Waals surface area contributed by atoms with Crippen molar-refractivity contribution < 1.29 is 17.9 Å². The molecule has 1 aliphatic rings. The summed E-state index contributed by atoms with van der Waals surface area (Å²) in [6, 6.07) is 17.7. The Kier molecular flexibility index (Phi) is 5.63. The van der Waals surface area contributed by atoms with E-state index >= 15 is 0 Å². The predicted octanol–water partition coefficient (Wildman–Crippen LogP) is 5.05. The van der Waals surface area contributed by atoms with Crippen LogP contribution in [0.1, 0.15) is 27.7 Å². The van der Waals surface area contributed by atoms with E-state index in [1.54, 1.807) is 41.3 Å². The van der Waals surface area contributed by atoms with E-state index in [1.165, 1.54) is 0 Å². The van der Waals surface area contributed by atoms with Crippen molar-refractivity contribution in [1.82, 2.24) is 0 Å². The molecule has 0 saturated carbocycles. The van der Waals surface area contributed by atoms with Crippen molar-refractivity contribution in [2.45, 2.75) is 32.6 Å². The van der Waals surface area contributed by atoms with Gasteiger partial charge in [0.25, 0.3) is 10.0 Å². The molecule has 168 valence electrons. The highest BCUT2D eigenvalue weighted by Gasteiger charge is 2.38. The third kappa shape index (κ3) is 4.30. The van der Waals surface area contributed by atoms with Gasteiger partial charge >= 0.3 is 0 Å². The molecule has 0 aromatic heterocycles. The van der Waals surface area contributed by atoms with Gasteiger partial charge in [0.05, 0.1) is 21.7 Å². The lowest BCUT2D eigenvalue weighted by Gasteiger charge is -2.29. The Labute approximate surface area is 189 Å². The molecule has 0 aliphatic carbocycles. The zero-order chi connectivity index (χ0) is 23.1. The quantitative estimate of drug-likeness (QED) is 0.588. The van der Waals surface area contributed by atoms with Crippen molar-refractivity contribution in [2.75, 3.05) is 22.8 Å². The maximum absolute atomic E-state index is 13.1. The topological polar surface area (TPSA) is 75.7 Å². The Hall–Kier alpha value is -3.06. The normalized spacial score (nSPS) is 15.9. The summed E-state index contributed by atoms with van der Waals surface area (Å²) >= 11 is 0. The molecule has 1 amide bonds. The summed E-state index contributed by atoms with van der Waals surface area (Å²) in [5.74, 6) is 0.754. The second-order valence-electron chi connectivity index (χ2n) is 9.28. The largest absolute Gasteiger partial charge is 0.490 e. The first-order valence-electron chi connectivity index (χ1n) is 10.7. The van der Waals surface area contributed by atoms with Gasteiger partial charge in [-0.2, -0.15) is 0 Å². The summed E-state index contributed by atoms with van der Waals surface area (Å²) in [6.45, 7) is 8.60. The number of rotatable bonds is 5. The van der Waals surface area contributed by atoms with Gasteiger partial charge in [0.1, 0.15) is 12.4 Å². The summed E-state index contributed by atoms with van der Waals surface area (Å²) in [4.78, 5) is 15.0. The minimum atomic E-state index is -3.79. The molecular formula is C25H28N2O4S. The molecule has 3 aromatic rings. The number of nitrogens with one attached hydrogen (secondary N) is 1. The van der Waals surface area contributed by atoms with Gasteiger partial charge in [-0.25, -0.2) is 8.42 Å². The number of carbonyl (C=O) groups is 1. The fourth-order valence-corrected chi connectivity index (χ4v) is 4.89. The first-order valence-corrected chi connectivity index (χ1v) is 12.2. The molecule has 1 heterocycles. The number of benzene rings is 3. The van der Waals surface area contributed by atoms with Gasteiger partial charge in [-0.15, -0.1) is 0 Å². The van der Waals surface area contributed by atoms with Crippen LogP contribution in [-0.4, -0.2) is 27.5 Å². The van der Waals surface area contributed by atoms with Crippen molar-refractivity contribution in [2.24, 2.45) is 11.3 Å². The number of sulfonamides is 1. The van der Waals surface area contributed by atoms with Crippen LogP contribution < -0.4 is 14.4 Å². The second kappa shape index (κ2) is 8.13. The van der Waals surface area contributed by atoms with Gasteiger partial charge in [-0.1, -0.05) is 44.2 Å². The second-order valence-corrected chi connectivity index (χ2v) is 11.0. The summed E-state index contributed by atoms with van der Waals surface area (Å²) in [7, 11) is -3.79. The van der Waals surface area contributed by atoms with E-state index in [2.05, 4.69) is 18.6 Å². The average molecular weight is 453 g/mol. The predicted molar refractivity (Wildman–Crippen MR) is 128 cm³/mol. The van der Waals surface area contributed by atoms with E-state index in [4.69, 9.17) is 4.74 Å². The average Bonchev–Trinajstić information content (AvgIpc) is 2.83. The Bertz CT molecular complexity index is 1280. The van der Waals surface area contributed by atoms with E-state index in [0.717, 1.165) is 10.8 Å². The van der Waals surface area contributed by atoms with Crippen molar-refractivity contribution >= 4 is 38.1 Å². The van der Waals surface area contributed by atoms with Crippen LogP contribution in [0.15, 0.2) is 65.6 Å². The maximum atomic E-state index is 13.1. The summed E-state index contributed by atoms with van der Waals surface area (Å²) in [5, 5.41) is 1.83. The molecule has 0 saturated heterocycles. The van der Waals surface area contributed by atoms with Crippen molar-refractivity contribution in [1.29, 1.82) is 0 Å². The van der Waals surface area contributed by atoms with Gasteiger partial charge in [-0.3, -0.25) is 9.52 Å². The van der Waals surface area contributed by atoms with Crippen LogP contribution in [0.4, 0.5) is 11.4 Å². The van der Waals surface area contributed by atoms with Gasteiger partial charge < -0.3 is 9.64 Å². The smallest absolute Gasteiger partial charge is 0.261 e. The molecule has 4 rings (SSSR count). The maximum Gasteiger partial charge on any atom is 0.261 e. The number of hydrogen-bond acceptors (Lipinski definition) is 4. The van der Waals surface area contributed by atoms with Crippen molar-refractivity contribution in [3.63, 3.8) is 0 Å². The minimum Gasteiger partial charge on any atom is -0.490 e. The third-order valence-corrected chi connectivity index (χ3v) is 6.87. The Morgan fingerprint density at radius 1 is 1.03 bits per heavy atom. The Balaban J connectivity index is 1.67. The highest BCUT2D eigenvalue weighted by atomic mass is 32.2. The van der Waals surface area contributed by atoms with E-state index in [9.17, 15) is 13.2 Å². The van der Waals surface area contributed by atoms with Crippen LogP contribution in [0.25, 0.3) is 10.8 Å². The van der Waals surface area contributed by atoms with Gasteiger partial charge in [0, 0.05) is 12.6 Å². The molecule has 1 N–H and O–H groups in total. The molecule has 1 aliphatic heterocycles. The van der Waals surface area contributed by atoms with E-state index in [1.807, 2.05) is 38.1 Å². The standard InChI is InChI=1S/C25H28N2O4S/c1-17(2)15-27-22-12-10-20(14-23(22)31-16-25(3,4)24(27)28)26-32(29,30)21-11-9-18-7-5-6-8-19(18)13-21/h5-14,17,26H,15-16H2,1-4H3. The van der Waals surface area contributed by atoms with E-state index in [-0.39, 0.29) is 23.3 Å². The van der Waals surface area contributed by atoms with Gasteiger partial charge in [0.15, 0.2) is 0 Å². The Morgan fingerprint density at radius 3 is 2.47 bits per heavy atom. The van der Waals surface area contributed by atoms with Crippen molar-refractivity contribution in [3.05, 3.63) is 60.7 Å². The first kappa shape index (κ1) is 22.1. The minimum absolute atomic E-state index is 0.00514. The molecule has 0 unspecified atom stereocenters. The number of amides is 1. The zero-order valence-corrected chi connectivity index (χ0v) is 19.6. The van der Waals surface area contributed by atoms with E-state index < -0.39 is 15.4 Å². The van der Waals surface area contributed by atoms with Crippen LogP contribution >= 0.6 is 0 Å². The molecule has 7 heteroatoms. The number of ether oxygens (including phenoxy) is 1. The number of nitrogens with zero attached hydrogens (tertiary/aromatic N) is 1. The number of carbonyl (C=O) groups excluding carboxylic acids is 1. The molecule has 0 atom stereocenters. The monoisotopic (exact) mass is 452 g/mol. The number of fused-ring (bicyclic) bond motifs is 2. The van der Waals surface area contributed by atoms with Gasteiger partial charge in [0.2, 0.25) is 5.91 Å². The SMILES string of the molecule is CC(C)CN1C(=O)C(C)(C)COc2cc(NS(=O)(=O)c3ccc4ccccc4c3)ccc21. The lowest BCUT2D eigenvalue weighted by Crippen LogP contribution is -2.43. The van der Waals surface area contributed by atoms with Crippen LogP contribution in [0.3, 0.4) is 0 Å². The number of hydrogen-bond donors (Lipinski definition) is 1. The molecule has 0 radical (unpaired) electrons. The van der Waals surface area contributed by atoms with Crippen LogP contribution in [0.5, 0.6) is 5.75 Å². The lowest BCUT2D eigenvalue weighted by molar-refractivity contribution is -0.127. The Morgan fingerprint density at radius 2 is 1.75 bits per heavy atom. The van der Waals surface area contributed by atoms with Crippen LogP contribution in [-0.2, 0) is 14.8 Å². The third-order valence-electron chi connectivity index (χ3n) is 5.49. The first-order chi connectivity index (χ1) is 15.1.